The first-order valence-corrected chi connectivity index (χ1v) is 6.53. The number of nitrogens with one attached hydrogen (secondary N) is 1. The number of nitrogens with zero attached hydrogens (tertiary/aromatic N) is 1. The van der Waals surface area contributed by atoms with E-state index in [0.29, 0.717) is 10.5 Å². The summed E-state index contributed by atoms with van der Waals surface area (Å²) in [7, 11) is 1.66. The Kier molecular flexibility index (Phi) is 3.81. The van der Waals surface area contributed by atoms with Crippen molar-refractivity contribution < 1.29 is 0 Å². The van der Waals surface area contributed by atoms with Crippen molar-refractivity contribution in [2.45, 2.75) is 10.6 Å². The lowest BCUT2D eigenvalue weighted by atomic mass is 10.4. The molecule has 1 N–H and O–H groups in total. The summed E-state index contributed by atoms with van der Waals surface area (Å²) in [6.45, 7) is 0. The van der Waals surface area contributed by atoms with E-state index in [2.05, 4.69) is 4.98 Å². The van der Waals surface area contributed by atoms with E-state index in [1.54, 1.807) is 24.9 Å². The number of aromatic nitrogens is 2. The number of hydrogen-bond acceptors (Lipinski definition) is 3. The second-order valence-corrected chi connectivity index (χ2v) is 5.03. The zero-order chi connectivity index (χ0) is 12.3. The van der Waals surface area contributed by atoms with Gasteiger partial charge in [-0.05, 0) is 24.4 Å². The first-order chi connectivity index (χ1) is 8.16. The largest absolute Gasteiger partial charge is 0.335 e. The van der Waals surface area contributed by atoms with Crippen molar-refractivity contribution in [1.29, 1.82) is 0 Å². The van der Waals surface area contributed by atoms with Gasteiger partial charge in [-0.3, -0.25) is 9.36 Å². The Labute approximate surface area is 109 Å². The maximum absolute atomic E-state index is 11.5. The van der Waals surface area contributed by atoms with Gasteiger partial charge < -0.3 is 4.98 Å². The molecule has 2 aromatic rings. The molecule has 3 nitrogen and oxygen atoms in total. The lowest BCUT2D eigenvalue weighted by Gasteiger charge is -2.03. The van der Waals surface area contributed by atoms with Crippen molar-refractivity contribution in [1.82, 2.24) is 9.55 Å². The van der Waals surface area contributed by atoms with E-state index in [-0.39, 0.29) is 5.56 Å². The summed E-state index contributed by atoms with van der Waals surface area (Å²) in [6.07, 6.45) is 0. The van der Waals surface area contributed by atoms with E-state index in [0.717, 1.165) is 5.69 Å². The Morgan fingerprint density at radius 1 is 1.35 bits per heavy atom. The molecule has 1 heterocycles. The molecule has 0 aliphatic heterocycles. The van der Waals surface area contributed by atoms with E-state index in [9.17, 15) is 4.79 Å². The van der Waals surface area contributed by atoms with Gasteiger partial charge in [0.2, 0.25) is 0 Å². The monoisotopic (exact) mass is 264 g/mol. The fourth-order valence-corrected chi connectivity index (χ4v) is 2.41. The molecular formula is C12H12N2OS2. The van der Waals surface area contributed by atoms with Crippen LogP contribution in [0.2, 0.25) is 0 Å². The summed E-state index contributed by atoms with van der Waals surface area (Å²) < 4.78 is 1.88. The number of H-pyrrole nitrogens is 1. The maximum atomic E-state index is 11.5. The van der Waals surface area contributed by atoms with Gasteiger partial charge in [-0.1, -0.05) is 18.2 Å². The van der Waals surface area contributed by atoms with Crippen LogP contribution < -0.4 is 5.56 Å². The molecule has 0 aliphatic rings. The highest BCUT2D eigenvalue weighted by Gasteiger charge is 1.99. The van der Waals surface area contributed by atoms with Crippen molar-refractivity contribution in [2.75, 3.05) is 0 Å². The Balaban J connectivity index is 2.16. The average Bonchev–Trinajstić information content (AvgIpc) is 2.34. The normalized spacial score (nSPS) is 10.4. The summed E-state index contributed by atoms with van der Waals surface area (Å²) in [4.78, 5) is 15.8. The van der Waals surface area contributed by atoms with Crippen molar-refractivity contribution in [2.24, 2.45) is 7.05 Å². The van der Waals surface area contributed by atoms with Gasteiger partial charge in [-0.2, -0.15) is 0 Å². The van der Waals surface area contributed by atoms with Crippen LogP contribution in [0.15, 0.2) is 46.1 Å². The van der Waals surface area contributed by atoms with E-state index in [1.807, 2.05) is 30.3 Å². The third-order valence-corrected chi connectivity index (χ3v) is 3.77. The molecular weight excluding hydrogens is 252 g/mol. The molecule has 2 rings (SSSR count). The van der Waals surface area contributed by atoms with E-state index in [1.165, 1.54) is 9.46 Å². The Bertz CT molecular complexity index is 585. The highest BCUT2D eigenvalue weighted by atomic mass is 32.2. The second kappa shape index (κ2) is 5.33. The number of aromatic amines is 1. The van der Waals surface area contributed by atoms with Crippen LogP contribution in [0.25, 0.3) is 0 Å². The minimum absolute atomic E-state index is 0.0718. The number of hydrogen-bond donors (Lipinski definition) is 1. The van der Waals surface area contributed by atoms with E-state index < -0.39 is 0 Å². The summed E-state index contributed by atoms with van der Waals surface area (Å²) in [5, 5.41) is 0. The van der Waals surface area contributed by atoms with Crippen LogP contribution in [-0.4, -0.2) is 9.55 Å². The molecule has 1 aromatic heterocycles. The molecule has 0 saturated heterocycles. The third kappa shape index (κ3) is 3.08. The van der Waals surface area contributed by atoms with Gasteiger partial charge in [0.1, 0.15) is 0 Å². The molecule has 17 heavy (non-hydrogen) atoms. The van der Waals surface area contributed by atoms with Crippen LogP contribution in [0.4, 0.5) is 0 Å². The van der Waals surface area contributed by atoms with Gasteiger partial charge in [0.25, 0.3) is 5.56 Å². The third-order valence-electron chi connectivity index (χ3n) is 2.34. The molecule has 0 aliphatic carbocycles. The fraction of sp³-hybridized carbons (Fsp3) is 0.167. The highest BCUT2D eigenvalue weighted by Crippen LogP contribution is 2.20. The Morgan fingerprint density at radius 3 is 2.71 bits per heavy atom. The van der Waals surface area contributed by atoms with Gasteiger partial charge in [0, 0.05) is 29.5 Å². The lowest BCUT2D eigenvalue weighted by Crippen LogP contribution is -2.18. The van der Waals surface area contributed by atoms with Gasteiger partial charge in [-0.15, -0.1) is 11.8 Å². The summed E-state index contributed by atoms with van der Waals surface area (Å²) in [5.41, 5.74) is 0.782. The van der Waals surface area contributed by atoms with Crippen molar-refractivity contribution >= 4 is 24.0 Å². The molecule has 88 valence electrons. The Hall–Kier alpha value is -1.33. The minimum Gasteiger partial charge on any atom is -0.335 e. The van der Waals surface area contributed by atoms with Crippen LogP contribution >= 0.6 is 24.0 Å². The molecule has 0 bridgehead atoms. The molecule has 5 heteroatoms. The van der Waals surface area contributed by atoms with Crippen LogP contribution in [0, 0.1) is 4.77 Å². The molecule has 0 spiro atoms. The molecule has 1 aromatic carbocycles. The molecule has 0 atom stereocenters. The molecule has 0 saturated carbocycles. The Morgan fingerprint density at radius 2 is 2.06 bits per heavy atom. The van der Waals surface area contributed by atoms with Crippen LogP contribution in [0.5, 0.6) is 0 Å². The van der Waals surface area contributed by atoms with Gasteiger partial charge in [0.05, 0.1) is 0 Å². The van der Waals surface area contributed by atoms with Gasteiger partial charge in [-0.25, -0.2) is 0 Å². The van der Waals surface area contributed by atoms with Gasteiger partial charge in [0.15, 0.2) is 4.77 Å². The molecule has 0 radical (unpaired) electrons. The van der Waals surface area contributed by atoms with Crippen LogP contribution in [0.3, 0.4) is 0 Å². The van der Waals surface area contributed by atoms with E-state index >= 15 is 0 Å². The predicted octanol–water partition coefficient (Wildman–Crippen LogP) is 2.74. The quantitative estimate of drug-likeness (QED) is 0.684. The maximum Gasteiger partial charge on any atom is 0.254 e. The molecule has 0 fully saturated rings. The average molecular weight is 264 g/mol. The first kappa shape index (κ1) is 12.1. The second-order valence-electron chi connectivity index (χ2n) is 3.60. The summed E-state index contributed by atoms with van der Waals surface area (Å²) in [5.74, 6) is 0.712. The number of thioether (sulfide) groups is 1. The SMILES string of the molecule is Cn1c(=O)cc(CSc2ccccc2)[nH]c1=S. The fourth-order valence-electron chi connectivity index (χ4n) is 1.36. The molecule has 0 amide bonds. The minimum atomic E-state index is -0.0718. The first-order valence-electron chi connectivity index (χ1n) is 5.14. The van der Waals surface area contributed by atoms with Crippen molar-refractivity contribution in [3.05, 3.63) is 57.2 Å². The topological polar surface area (TPSA) is 37.8 Å². The predicted molar refractivity (Wildman–Crippen MR) is 72.9 cm³/mol. The van der Waals surface area contributed by atoms with Crippen LogP contribution in [0.1, 0.15) is 5.69 Å². The standard InChI is InChI=1S/C12H12N2OS2/c1-14-11(15)7-9(13-12(14)16)8-17-10-5-3-2-4-6-10/h2-7H,8H2,1H3,(H,13,16). The van der Waals surface area contributed by atoms with Crippen molar-refractivity contribution in [3.63, 3.8) is 0 Å². The number of benzene rings is 1. The zero-order valence-corrected chi connectivity index (χ0v) is 11.0. The summed E-state index contributed by atoms with van der Waals surface area (Å²) in [6, 6.07) is 11.6. The highest BCUT2D eigenvalue weighted by molar-refractivity contribution is 7.98. The molecule has 0 unspecified atom stereocenters. The van der Waals surface area contributed by atoms with E-state index in [4.69, 9.17) is 12.2 Å². The summed E-state index contributed by atoms with van der Waals surface area (Å²) >= 11 is 6.73. The lowest BCUT2D eigenvalue weighted by molar-refractivity contribution is 0.793. The number of rotatable bonds is 3. The smallest absolute Gasteiger partial charge is 0.254 e. The van der Waals surface area contributed by atoms with Crippen LogP contribution in [-0.2, 0) is 12.8 Å². The zero-order valence-electron chi connectivity index (χ0n) is 9.34. The van der Waals surface area contributed by atoms with Gasteiger partial charge >= 0.3 is 0 Å². The van der Waals surface area contributed by atoms with Crippen molar-refractivity contribution in [3.8, 4) is 0 Å².